The van der Waals surface area contributed by atoms with E-state index in [0.29, 0.717) is 18.0 Å². The number of benzene rings is 1. The smallest absolute Gasteiger partial charge is 0.404 e. The van der Waals surface area contributed by atoms with Crippen LogP contribution in [-0.4, -0.2) is 38.7 Å². The predicted molar refractivity (Wildman–Crippen MR) is 82.7 cm³/mol. The summed E-state index contributed by atoms with van der Waals surface area (Å²) in [6.45, 7) is 0.718. The Morgan fingerprint density at radius 1 is 1.33 bits per heavy atom. The zero-order valence-corrected chi connectivity index (χ0v) is 12.5. The molecule has 2 aromatic heterocycles. The molecular weight excluding hydrogens is 338 g/mol. The van der Waals surface area contributed by atoms with Crippen molar-refractivity contribution in [3.63, 3.8) is 0 Å². The van der Waals surface area contributed by atoms with Crippen LogP contribution in [0.15, 0.2) is 35.1 Å². The molecule has 0 saturated heterocycles. The highest BCUT2D eigenvalue weighted by Crippen LogP contribution is 2.24. The van der Waals surface area contributed by atoms with E-state index in [2.05, 4.69) is 36.5 Å². The highest BCUT2D eigenvalue weighted by Gasteiger charge is 2.11. The van der Waals surface area contributed by atoms with Crippen molar-refractivity contribution in [3.05, 3.63) is 35.1 Å². The molecule has 1 amide bonds. The standard InChI is InChI=1S/C13H12BrN5O2/c14-10-7-17-12-11(15-5-6-16-13(20)21)18-8-3-1-2-4-9(8)19(10)12/h1-4,7,16H,5-6H2,(H,15,18)(H,20,21). The van der Waals surface area contributed by atoms with Crippen molar-refractivity contribution in [2.75, 3.05) is 18.4 Å². The highest BCUT2D eigenvalue weighted by atomic mass is 79.9. The van der Waals surface area contributed by atoms with Gasteiger partial charge in [-0.15, -0.1) is 0 Å². The number of anilines is 1. The minimum absolute atomic E-state index is 0.290. The largest absolute Gasteiger partial charge is 0.465 e. The van der Waals surface area contributed by atoms with Crippen LogP contribution in [0.4, 0.5) is 10.6 Å². The maximum Gasteiger partial charge on any atom is 0.404 e. The van der Waals surface area contributed by atoms with Gasteiger partial charge in [0.2, 0.25) is 0 Å². The van der Waals surface area contributed by atoms with Crippen LogP contribution in [0.5, 0.6) is 0 Å². The number of carbonyl (C=O) groups is 1. The number of rotatable bonds is 4. The Hall–Kier alpha value is -2.35. The summed E-state index contributed by atoms with van der Waals surface area (Å²) in [6.07, 6.45) is 0.668. The number of nitrogens with one attached hydrogen (secondary N) is 2. The van der Waals surface area contributed by atoms with Gasteiger partial charge >= 0.3 is 6.09 Å². The number of nitrogens with zero attached hydrogens (tertiary/aromatic N) is 3. The number of aromatic nitrogens is 3. The van der Waals surface area contributed by atoms with Crippen molar-refractivity contribution >= 4 is 44.5 Å². The van der Waals surface area contributed by atoms with Gasteiger partial charge in [0.05, 0.1) is 17.2 Å². The molecule has 0 aliphatic rings. The molecule has 0 atom stereocenters. The Balaban J connectivity index is 1.99. The van der Waals surface area contributed by atoms with E-state index in [-0.39, 0.29) is 6.54 Å². The van der Waals surface area contributed by atoms with Gasteiger partial charge in [0.25, 0.3) is 0 Å². The average Bonchev–Trinajstić information content (AvgIpc) is 2.86. The monoisotopic (exact) mass is 349 g/mol. The van der Waals surface area contributed by atoms with Crippen LogP contribution in [0.25, 0.3) is 16.7 Å². The second-order valence-electron chi connectivity index (χ2n) is 4.35. The van der Waals surface area contributed by atoms with Crippen molar-refractivity contribution < 1.29 is 9.90 Å². The summed E-state index contributed by atoms with van der Waals surface area (Å²) in [4.78, 5) is 19.3. The molecule has 0 unspecified atom stereocenters. The second kappa shape index (κ2) is 5.57. The Labute approximate surface area is 128 Å². The van der Waals surface area contributed by atoms with Gasteiger partial charge in [0.1, 0.15) is 4.60 Å². The molecule has 8 heteroatoms. The summed E-state index contributed by atoms with van der Waals surface area (Å²) in [6, 6.07) is 7.75. The zero-order chi connectivity index (χ0) is 14.8. The maximum absolute atomic E-state index is 10.4. The van der Waals surface area contributed by atoms with E-state index in [4.69, 9.17) is 5.11 Å². The lowest BCUT2D eigenvalue weighted by Gasteiger charge is -2.10. The van der Waals surface area contributed by atoms with Crippen LogP contribution in [-0.2, 0) is 0 Å². The van der Waals surface area contributed by atoms with Crippen molar-refractivity contribution in [1.29, 1.82) is 0 Å². The molecule has 0 radical (unpaired) electrons. The summed E-state index contributed by atoms with van der Waals surface area (Å²) in [5.41, 5.74) is 2.47. The fraction of sp³-hybridized carbons (Fsp3) is 0.154. The van der Waals surface area contributed by atoms with Crippen LogP contribution in [0.2, 0.25) is 0 Å². The quantitative estimate of drug-likeness (QED) is 0.628. The molecule has 0 spiro atoms. The third-order valence-electron chi connectivity index (χ3n) is 2.98. The Morgan fingerprint density at radius 2 is 2.14 bits per heavy atom. The molecule has 1 aromatic carbocycles. The number of halogens is 1. The van der Waals surface area contributed by atoms with Gasteiger partial charge in [0, 0.05) is 13.1 Å². The molecule has 3 aromatic rings. The first-order valence-corrected chi connectivity index (χ1v) is 7.08. The third kappa shape index (κ3) is 2.62. The molecule has 0 bridgehead atoms. The summed E-state index contributed by atoms with van der Waals surface area (Å²) in [5.74, 6) is 0.617. The van der Waals surface area contributed by atoms with Crippen LogP contribution in [0.1, 0.15) is 0 Å². The molecule has 0 fully saturated rings. The van der Waals surface area contributed by atoms with Crippen LogP contribution < -0.4 is 10.6 Å². The maximum atomic E-state index is 10.4. The summed E-state index contributed by atoms with van der Waals surface area (Å²) in [5, 5.41) is 14.0. The van der Waals surface area contributed by atoms with Crippen LogP contribution >= 0.6 is 15.9 Å². The first-order chi connectivity index (χ1) is 10.2. The van der Waals surface area contributed by atoms with Gasteiger partial charge in [0.15, 0.2) is 11.5 Å². The molecule has 2 heterocycles. The van der Waals surface area contributed by atoms with Crippen LogP contribution in [0, 0.1) is 0 Å². The number of imidazole rings is 1. The van der Waals surface area contributed by atoms with E-state index in [1.165, 1.54) is 0 Å². The molecular formula is C13H12BrN5O2. The molecule has 108 valence electrons. The van der Waals surface area contributed by atoms with Crippen molar-refractivity contribution in [2.24, 2.45) is 0 Å². The fourth-order valence-electron chi connectivity index (χ4n) is 2.11. The lowest BCUT2D eigenvalue weighted by molar-refractivity contribution is 0.195. The number of fused-ring (bicyclic) bond motifs is 3. The number of hydrogen-bond donors (Lipinski definition) is 3. The number of amides is 1. The molecule has 0 aliphatic carbocycles. The molecule has 3 N–H and O–H groups in total. The van der Waals surface area contributed by atoms with E-state index in [1.54, 1.807) is 6.20 Å². The number of carboxylic acid groups (broad SMARTS) is 1. The minimum atomic E-state index is -1.04. The Kier molecular flexibility index (Phi) is 3.61. The minimum Gasteiger partial charge on any atom is -0.465 e. The van der Waals surface area contributed by atoms with E-state index in [9.17, 15) is 4.79 Å². The van der Waals surface area contributed by atoms with E-state index in [0.717, 1.165) is 15.6 Å². The first kappa shape index (κ1) is 13.6. The van der Waals surface area contributed by atoms with Gasteiger partial charge in [-0.05, 0) is 28.1 Å². The van der Waals surface area contributed by atoms with Crippen molar-refractivity contribution in [2.45, 2.75) is 0 Å². The third-order valence-corrected chi connectivity index (χ3v) is 3.54. The molecule has 0 aliphatic heterocycles. The molecule has 3 rings (SSSR count). The number of para-hydroxylation sites is 2. The van der Waals surface area contributed by atoms with E-state index >= 15 is 0 Å². The Morgan fingerprint density at radius 3 is 2.95 bits per heavy atom. The van der Waals surface area contributed by atoms with Crippen molar-refractivity contribution in [3.8, 4) is 0 Å². The summed E-state index contributed by atoms with van der Waals surface area (Å²) >= 11 is 3.48. The number of hydrogen-bond acceptors (Lipinski definition) is 4. The van der Waals surface area contributed by atoms with Gasteiger partial charge in [-0.2, -0.15) is 0 Å². The van der Waals surface area contributed by atoms with Crippen molar-refractivity contribution in [1.82, 2.24) is 19.7 Å². The lowest BCUT2D eigenvalue weighted by atomic mass is 10.3. The molecule has 7 nitrogen and oxygen atoms in total. The Bertz CT molecular complexity index is 817. The van der Waals surface area contributed by atoms with E-state index in [1.807, 2.05) is 28.7 Å². The summed E-state index contributed by atoms with van der Waals surface area (Å²) in [7, 11) is 0. The topological polar surface area (TPSA) is 91.5 Å². The fourth-order valence-corrected chi connectivity index (χ4v) is 2.58. The molecule has 21 heavy (non-hydrogen) atoms. The predicted octanol–water partition coefficient (Wildman–Crippen LogP) is 2.32. The highest BCUT2D eigenvalue weighted by molar-refractivity contribution is 9.10. The van der Waals surface area contributed by atoms with Crippen LogP contribution in [0.3, 0.4) is 0 Å². The van der Waals surface area contributed by atoms with Gasteiger partial charge in [-0.25, -0.2) is 14.8 Å². The average molecular weight is 350 g/mol. The normalized spacial score (nSPS) is 10.9. The first-order valence-electron chi connectivity index (χ1n) is 6.29. The second-order valence-corrected chi connectivity index (χ2v) is 5.16. The summed E-state index contributed by atoms with van der Waals surface area (Å²) < 4.78 is 2.79. The van der Waals surface area contributed by atoms with Gasteiger partial charge in [-0.1, -0.05) is 12.1 Å². The SMILES string of the molecule is O=C(O)NCCNc1nc2ccccc2n2c(Br)cnc12. The zero-order valence-electron chi connectivity index (χ0n) is 10.9. The van der Waals surface area contributed by atoms with Gasteiger partial charge in [-0.3, -0.25) is 4.40 Å². The molecule has 0 saturated carbocycles. The van der Waals surface area contributed by atoms with Gasteiger partial charge < -0.3 is 15.7 Å². The lowest BCUT2D eigenvalue weighted by Crippen LogP contribution is -2.27. The van der Waals surface area contributed by atoms with E-state index < -0.39 is 6.09 Å².